The van der Waals surface area contributed by atoms with E-state index in [-0.39, 0.29) is 11.6 Å². The molecule has 1 unspecified atom stereocenters. The van der Waals surface area contributed by atoms with E-state index < -0.39 is 0 Å². The Kier molecular flexibility index (Phi) is 4.31. The smallest absolute Gasteiger partial charge is 0.0309 e. The highest BCUT2D eigenvalue weighted by Gasteiger charge is 2.35. The van der Waals surface area contributed by atoms with Gasteiger partial charge < -0.3 is 22.5 Å². The zero-order valence-electron chi connectivity index (χ0n) is 9.13. The van der Waals surface area contributed by atoms with E-state index in [1.165, 1.54) is 0 Å². The summed E-state index contributed by atoms with van der Waals surface area (Å²) in [5.41, 5.74) is 18.1. The minimum Gasteiger partial charge on any atom is -0.328 e. The standard InChI is InChI=1S/C10H24N4/c1-14-7-4-9(12)10(13)5-2-8(11)3-6-10/h8-9,14H,2-7,11-13H2,1H3. The van der Waals surface area contributed by atoms with Crippen LogP contribution in [0.5, 0.6) is 0 Å². The Bertz CT molecular complexity index is 164. The SMILES string of the molecule is CNCCC(N)C1(N)CCC(N)CC1. The summed E-state index contributed by atoms with van der Waals surface area (Å²) in [4.78, 5) is 0. The van der Waals surface area contributed by atoms with E-state index in [9.17, 15) is 0 Å². The third-order valence-corrected chi connectivity index (χ3v) is 3.40. The Morgan fingerprint density at radius 2 is 2.00 bits per heavy atom. The molecule has 1 fully saturated rings. The molecule has 14 heavy (non-hydrogen) atoms. The molecule has 0 aromatic rings. The van der Waals surface area contributed by atoms with Crippen molar-refractivity contribution in [2.45, 2.75) is 49.7 Å². The van der Waals surface area contributed by atoms with E-state index in [0.717, 1.165) is 38.6 Å². The molecule has 1 rings (SSSR count). The molecule has 0 aromatic carbocycles. The largest absolute Gasteiger partial charge is 0.328 e. The van der Waals surface area contributed by atoms with Gasteiger partial charge in [0.15, 0.2) is 0 Å². The van der Waals surface area contributed by atoms with E-state index in [1.54, 1.807) is 0 Å². The van der Waals surface area contributed by atoms with Crippen molar-refractivity contribution in [2.24, 2.45) is 17.2 Å². The fraction of sp³-hybridized carbons (Fsp3) is 1.00. The molecule has 0 bridgehead atoms. The first-order valence-electron chi connectivity index (χ1n) is 5.53. The summed E-state index contributed by atoms with van der Waals surface area (Å²) in [6.07, 6.45) is 4.92. The highest BCUT2D eigenvalue weighted by Crippen LogP contribution is 2.28. The number of nitrogens with two attached hydrogens (primary N) is 3. The van der Waals surface area contributed by atoms with Crippen molar-refractivity contribution in [3.8, 4) is 0 Å². The van der Waals surface area contributed by atoms with Gasteiger partial charge in [-0.1, -0.05) is 0 Å². The summed E-state index contributed by atoms with van der Waals surface area (Å²) in [7, 11) is 1.94. The minimum atomic E-state index is -0.174. The Labute approximate surface area is 86.6 Å². The average Bonchev–Trinajstić information content (AvgIpc) is 2.19. The van der Waals surface area contributed by atoms with Crippen molar-refractivity contribution in [3.05, 3.63) is 0 Å². The van der Waals surface area contributed by atoms with Crippen LogP contribution in [0, 0.1) is 0 Å². The van der Waals surface area contributed by atoms with E-state index >= 15 is 0 Å². The van der Waals surface area contributed by atoms with Crippen LogP contribution in [0.25, 0.3) is 0 Å². The molecule has 0 aliphatic heterocycles. The van der Waals surface area contributed by atoms with Crippen molar-refractivity contribution >= 4 is 0 Å². The molecule has 1 atom stereocenters. The van der Waals surface area contributed by atoms with Crippen LogP contribution in [0.4, 0.5) is 0 Å². The zero-order chi connectivity index (χ0) is 10.6. The molecular weight excluding hydrogens is 176 g/mol. The van der Waals surface area contributed by atoms with Gasteiger partial charge in [0.1, 0.15) is 0 Å². The quantitative estimate of drug-likeness (QED) is 0.493. The maximum absolute atomic E-state index is 6.30. The molecule has 1 aliphatic carbocycles. The van der Waals surface area contributed by atoms with Crippen LogP contribution < -0.4 is 22.5 Å². The number of hydrogen-bond acceptors (Lipinski definition) is 4. The Balaban J connectivity index is 2.40. The van der Waals surface area contributed by atoms with Crippen molar-refractivity contribution in [2.75, 3.05) is 13.6 Å². The van der Waals surface area contributed by atoms with Crippen molar-refractivity contribution in [3.63, 3.8) is 0 Å². The van der Waals surface area contributed by atoms with Crippen LogP contribution in [-0.4, -0.2) is 31.2 Å². The first-order valence-corrected chi connectivity index (χ1v) is 5.53. The molecule has 1 aliphatic rings. The Morgan fingerprint density at radius 3 is 2.50 bits per heavy atom. The lowest BCUT2D eigenvalue weighted by atomic mass is 9.75. The zero-order valence-corrected chi connectivity index (χ0v) is 9.13. The van der Waals surface area contributed by atoms with Crippen LogP contribution in [0.2, 0.25) is 0 Å². The highest BCUT2D eigenvalue weighted by atomic mass is 14.9. The van der Waals surface area contributed by atoms with Crippen LogP contribution in [0.3, 0.4) is 0 Å². The van der Waals surface area contributed by atoms with Gasteiger partial charge in [0, 0.05) is 17.6 Å². The van der Waals surface area contributed by atoms with Gasteiger partial charge >= 0.3 is 0 Å². The highest BCUT2D eigenvalue weighted by molar-refractivity contribution is 4.98. The van der Waals surface area contributed by atoms with Crippen molar-refractivity contribution in [1.29, 1.82) is 0 Å². The topological polar surface area (TPSA) is 90.1 Å². The molecule has 0 spiro atoms. The fourth-order valence-corrected chi connectivity index (χ4v) is 2.14. The van der Waals surface area contributed by atoms with Gasteiger partial charge in [-0.15, -0.1) is 0 Å². The molecule has 4 nitrogen and oxygen atoms in total. The van der Waals surface area contributed by atoms with Gasteiger partial charge in [-0.3, -0.25) is 0 Å². The van der Waals surface area contributed by atoms with Crippen molar-refractivity contribution in [1.82, 2.24) is 5.32 Å². The summed E-state index contributed by atoms with van der Waals surface area (Å²) >= 11 is 0. The summed E-state index contributed by atoms with van der Waals surface area (Å²) in [6.45, 7) is 0.937. The Hall–Kier alpha value is -0.160. The van der Waals surface area contributed by atoms with Gasteiger partial charge in [0.25, 0.3) is 0 Å². The third-order valence-electron chi connectivity index (χ3n) is 3.40. The second kappa shape index (κ2) is 5.07. The second-order valence-corrected chi connectivity index (χ2v) is 4.57. The number of nitrogens with one attached hydrogen (secondary N) is 1. The molecule has 7 N–H and O–H groups in total. The molecule has 4 heteroatoms. The molecule has 84 valence electrons. The van der Waals surface area contributed by atoms with Crippen LogP contribution >= 0.6 is 0 Å². The predicted octanol–water partition coefficient (Wildman–Crippen LogP) is -0.478. The van der Waals surface area contributed by atoms with Crippen LogP contribution in [0.15, 0.2) is 0 Å². The lowest BCUT2D eigenvalue weighted by Crippen LogP contribution is -2.58. The maximum atomic E-state index is 6.30. The Morgan fingerprint density at radius 1 is 1.43 bits per heavy atom. The second-order valence-electron chi connectivity index (χ2n) is 4.57. The van der Waals surface area contributed by atoms with E-state index in [1.807, 2.05) is 7.05 Å². The molecule has 0 saturated heterocycles. The van der Waals surface area contributed by atoms with Crippen LogP contribution in [-0.2, 0) is 0 Å². The lowest BCUT2D eigenvalue weighted by molar-refractivity contribution is 0.223. The van der Waals surface area contributed by atoms with Gasteiger partial charge in [0.05, 0.1) is 0 Å². The monoisotopic (exact) mass is 200 g/mol. The summed E-state index contributed by atoms with van der Waals surface area (Å²) < 4.78 is 0. The van der Waals surface area contributed by atoms with E-state index in [4.69, 9.17) is 17.2 Å². The molecule has 1 saturated carbocycles. The first kappa shape index (κ1) is 11.9. The lowest BCUT2D eigenvalue weighted by Gasteiger charge is -2.40. The predicted molar refractivity (Wildman–Crippen MR) is 59.9 cm³/mol. The molecule has 0 heterocycles. The van der Waals surface area contributed by atoms with Gasteiger partial charge in [-0.2, -0.15) is 0 Å². The molecule has 0 amide bonds. The number of hydrogen-bond donors (Lipinski definition) is 4. The first-order chi connectivity index (χ1) is 6.58. The summed E-state index contributed by atoms with van der Waals surface area (Å²) in [5, 5.41) is 3.10. The average molecular weight is 200 g/mol. The van der Waals surface area contributed by atoms with Gasteiger partial charge in [0.2, 0.25) is 0 Å². The van der Waals surface area contributed by atoms with Crippen molar-refractivity contribution < 1.29 is 0 Å². The third kappa shape index (κ3) is 2.92. The van der Waals surface area contributed by atoms with E-state index in [2.05, 4.69) is 5.32 Å². The number of rotatable bonds is 4. The summed E-state index contributed by atoms with van der Waals surface area (Å²) in [5.74, 6) is 0. The molecule has 0 radical (unpaired) electrons. The van der Waals surface area contributed by atoms with E-state index in [0.29, 0.717) is 6.04 Å². The van der Waals surface area contributed by atoms with Gasteiger partial charge in [-0.05, 0) is 45.7 Å². The summed E-state index contributed by atoms with van der Waals surface area (Å²) in [6, 6.07) is 0.436. The fourth-order valence-electron chi connectivity index (χ4n) is 2.14. The normalized spacial score (nSPS) is 35.6. The molecule has 0 aromatic heterocycles. The minimum absolute atomic E-state index is 0.0995. The van der Waals surface area contributed by atoms with Gasteiger partial charge in [-0.25, -0.2) is 0 Å². The maximum Gasteiger partial charge on any atom is 0.0309 e. The van der Waals surface area contributed by atoms with Crippen LogP contribution in [0.1, 0.15) is 32.1 Å². The molecular formula is C10H24N4.